The zero-order valence-electron chi connectivity index (χ0n) is 32.7. The monoisotopic (exact) mass is 779 g/mol. The van der Waals surface area contributed by atoms with E-state index in [-0.39, 0.29) is 0 Å². The van der Waals surface area contributed by atoms with E-state index in [1.807, 2.05) is 18.2 Å². The summed E-state index contributed by atoms with van der Waals surface area (Å²) in [5.41, 5.74) is 10.7. The van der Waals surface area contributed by atoms with Crippen LogP contribution in [0.3, 0.4) is 0 Å². The van der Waals surface area contributed by atoms with E-state index < -0.39 is 0 Å². The van der Waals surface area contributed by atoms with Gasteiger partial charge < -0.3 is 8.98 Å². The predicted molar refractivity (Wildman–Crippen MR) is 250 cm³/mol. The summed E-state index contributed by atoms with van der Waals surface area (Å²) in [6, 6.07) is 70.2. The Balaban J connectivity index is 1.17. The summed E-state index contributed by atoms with van der Waals surface area (Å²) in [6.07, 6.45) is 0. The quantitative estimate of drug-likeness (QED) is 0.175. The van der Waals surface area contributed by atoms with Crippen LogP contribution in [-0.4, -0.2) is 24.1 Å². The van der Waals surface area contributed by atoms with E-state index in [0.29, 0.717) is 17.6 Å². The van der Waals surface area contributed by atoms with Crippen molar-refractivity contribution in [2.45, 2.75) is 0 Å². The molecule has 0 unspecified atom stereocenters. The summed E-state index contributed by atoms with van der Waals surface area (Å²) >= 11 is 0. The molecule has 13 rings (SSSR count). The van der Waals surface area contributed by atoms with E-state index in [2.05, 4.69) is 191 Å². The minimum Gasteiger partial charge on any atom is -0.456 e. The molecule has 0 spiro atoms. The molecule has 0 saturated carbocycles. The minimum absolute atomic E-state index is 0.541. The second kappa shape index (κ2) is 13.1. The van der Waals surface area contributed by atoms with Gasteiger partial charge in [-0.1, -0.05) is 146 Å². The zero-order chi connectivity index (χ0) is 40.0. The molecule has 0 bridgehead atoms. The molecule has 0 N–H and O–H groups in total. The van der Waals surface area contributed by atoms with E-state index in [1.165, 1.54) is 21.5 Å². The van der Waals surface area contributed by atoms with E-state index in [0.717, 1.165) is 82.7 Å². The molecule has 0 amide bonds. The van der Waals surface area contributed by atoms with E-state index >= 15 is 0 Å². The maximum atomic E-state index is 6.63. The highest BCUT2D eigenvalue weighted by Crippen LogP contribution is 2.44. The van der Waals surface area contributed by atoms with Gasteiger partial charge in [-0.05, 0) is 76.5 Å². The average Bonchev–Trinajstić information content (AvgIpc) is 3.98. The lowest BCUT2D eigenvalue weighted by molar-refractivity contribution is 0.669. The Morgan fingerprint density at radius 3 is 1.67 bits per heavy atom. The first kappa shape index (κ1) is 33.6. The van der Waals surface area contributed by atoms with Gasteiger partial charge in [0.1, 0.15) is 11.2 Å². The molecule has 9 aromatic carbocycles. The highest BCUT2D eigenvalue weighted by molar-refractivity contribution is 6.18. The molecule has 284 valence electrons. The van der Waals surface area contributed by atoms with Gasteiger partial charge in [-0.2, -0.15) is 9.97 Å². The molecular weight excluding hydrogens is 747 g/mol. The van der Waals surface area contributed by atoms with Crippen molar-refractivity contribution in [3.63, 3.8) is 0 Å². The van der Waals surface area contributed by atoms with Crippen LogP contribution >= 0.6 is 0 Å². The number of fused-ring (bicyclic) bond motifs is 10. The third-order valence-electron chi connectivity index (χ3n) is 12.2. The lowest BCUT2D eigenvalue weighted by Crippen LogP contribution is -2.08. The summed E-state index contributed by atoms with van der Waals surface area (Å²) in [4.78, 5) is 16.3. The molecule has 6 nitrogen and oxygen atoms in total. The van der Waals surface area contributed by atoms with Crippen LogP contribution in [0.2, 0.25) is 0 Å². The van der Waals surface area contributed by atoms with Crippen molar-refractivity contribution < 1.29 is 4.42 Å². The molecule has 0 aliphatic heterocycles. The normalized spacial score (nSPS) is 11.9. The Hall–Kier alpha value is -8.35. The van der Waals surface area contributed by atoms with Crippen LogP contribution in [-0.2, 0) is 0 Å². The van der Waals surface area contributed by atoms with E-state index in [4.69, 9.17) is 19.4 Å². The lowest BCUT2D eigenvalue weighted by Gasteiger charge is -2.17. The Morgan fingerprint density at radius 2 is 0.918 bits per heavy atom. The van der Waals surface area contributed by atoms with Crippen LogP contribution in [0.25, 0.3) is 122 Å². The van der Waals surface area contributed by atoms with Gasteiger partial charge in [0.15, 0.2) is 11.6 Å². The number of nitrogens with zero attached hydrogens (tertiary/aromatic N) is 5. The summed E-state index contributed by atoms with van der Waals surface area (Å²) in [6.45, 7) is 0. The molecule has 0 aliphatic rings. The molecular formula is C55H33N5O. The molecule has 4 heterocycles. The Morgan fingerprint density at radius 1 is 0.344 bits per heavy atom. The predicted octanol–water partition coefficient (Wildman–Crippen LogP) is 14.1. The van der Waals surface area contributed by atoms with Gasteiger partial charge in [0.2, 0.25) is 5.95 Å². The largest absolute Gasteiger partial charge is 0.456 e. The summed E-state index contributed by atoms with van der Waals surface area (Å²) in [7, 11) is 0. The number of furan rings is 1. The lowest BCUT2D eigenvalue weighted by atomic mass is 10.0. The van der Waals surface area contributed by atoms with Gasteiger partial charge in [0, 0.05) is 38.1 Å². The van der Waals surface area contributed by atoms with Crippen molar-refractivity contribution in [1.82, 2.24) is 24.1 Å². The highest BCUT2D eigenvalue weighted by atomic mass is 16.3. The van der Waals surface area contributed by atoms with Crippen LogP contribution in [0.4, 0.5) is 0 Å². The zero-order valence-corrected chi connectivity index (χ0v) is 32.7. The van der Waals surface area contributed by atoms with Crippen LogP contribution in [0.1, 0.15) is 0 Å². The first-order valence-corrected chi connectivity index (χ1v) is 20.5. The SMILES string of the molecule is c1ccc(-c2cccc(-c3nc(-c4ccc5oc6ccccc6c5c4-n4c5ccccc5c5cc6ccccc6cc54)nc(-n4c5ccccc5c5ccccc54)n3)c2)cc1. The fourth-order valence-corrected chi connectivity index (χ4v) is 9.43. The molecule has 4 aromatic heterocycles. The average molecular weight is 780 g/mol. The van der Waals surface area contributed by atoms with Gasteiger partial charge >= 0.3 is 0 Å². The standard InChI is InChI=1S/C55H33N5O/c1-2-15-34(16-3-1)35-19-14-20-38(31-35)53-56-54(58-55(57-53)60-46-26-11-6-21-39(46)40-22-7-12-27-47(40)60)43-29-30-50-51(42-24-9-13-28-49(42)61-50)52(43)59-45-25-10-8-23-41(45)44-32-36-17-4-5-18-37(36)33-48(44)59/h1-33H. The molecule has 0 fully saturated rings. The third-order valence-corrected chi connectivity index (χ3v) is 12.2. The summed E-state index contributed by atoms with van der Waals surface area (Å²) in [5.74, 6) is 1.68. The highest BCUT2D eigenvalue weighted by Gasteiger charge is 2.25. The number of hydrogen-bond donors (Lipinski definition) is 0. The number of rotatable bonds is 5. The first-order valence-electron chi connectivity index (χ1n) is 20.5. The maximum Gasteiger partial charge on any atom is 0.238 e. The third kappa shape index (κ3) is 5.12. The Labute approximate surface area is 349 Å². The van der Waals surface area contributed by atoms with Crippen LogP contribution in [0.15, 0.2) is 205 Å². The molecule has 0 atom stereocenters. The molecule has 6 heteroatoms. The topological polar surface area (TPSA) is 61.7 Å². The smallest absolute Gasteiger partial charge is 0.238 e. The van der Waals surface area contributed by atoms with Gasteiger partial charge in [-0.25, -0.2) is 4.98 Å². The second-order valence-corrected chi connectivity index (χ2v) is 15.6. The number of para-hydroxylation sites is 4. The summed E-state index contributed by atoms with van der Waals surface area (Å²) in [5, 5.41) is 8.99. The summed E-state index contributed by atoms with van der Waals surface area (Å²) < 4.78 is 11.2. The molecule has 0 saturated heterocycles. The molecule has 61 heavy (non-hydrogen) atoms. The van der Waals surface area contributed by atoms with Crippen molar-refractivity contribution in [3.8, 4) is 45.5 Å². The van der Waals surface area contributed by atoms with E-state index in [1.54, 1.807) is 0 Å². The fraction of sp³-hybridized carbons (Fsp3) is 0. The van der Waals surface area contributed by atoms with Crippen molar-refractivity contribution in [1.29, 1.82) is 0 Å². The van der Waals surface area contributed by atoms with Crippen molar-refractivity contribution in [2.75, 3.05) is 0 Å². The fourth-order valence-electron chi connectivity index (χ4n) is 9.43. The minimum atomic E-state index is 0.541. The van der Waals surface area contributed by atoms with Crippen LogP contribution < -0.4 is 0 Å². The van der Waals surface area contributed by atoms with Crippen molar-refractivity contribution in [2.24, 2.45) is 0 Å². The van der Waals surface area contributed by atoms with Crippen LogP contribution in [0, 0.1) is 0 Å². The van der Waals surface area contributed by atoms with Crippen molar-refractivity contribution >= 4 is 76.3 Å². The van der Waals surface area contributed by atoms with E-state index in [9.17, 15) is 0 Å². The number of benzene rings is 9. The van der Waals surface area contributed by atoms with Gasteiger partial charge in [-0.15, -0.1) is 0 Å². The number of hydrogen-bond acceptors (Lipinski definition) is 4. The molecule has 0 radical (unpaired) electrons. The van der Waals surface area contributed by atoms with Gasteiger partial charge in [0.05, 0.1) is 33.1 Å². The molecule has 0 aliphatic carbocycles. The van der Waals surface area contributed by atoms with Gasteiger partial charge in [0.25, 0.3) is 0 Å². The van der Waals surface area contributed by atoms with Crippen LogP contribution in [0.5, 0.6) is 0 Å². The first-order chi connectivity index (χ1) is 30.2. The number of aromatic nitrogens is 5. The molecule has 13 aromatic rings. The Kier molecular flexibility index (Phi) is 7.21. The maximum absolute atomic E-state index is 6.63. The Bertz CT molecular complexity index is 3840. The van der Waals surface area contributed by atoms with Gasteiger partial charge in [-0.3, -0.25) is 4.57 Å². The second-order valence-electron chi connectivity index (χ2n) is 15.6. The van der Waals surface area contributed by atoms with Crippen molar-refractivity contribution in [3.05, 3.63) is 200 Å².